The van der Waals surface area contributed by atoms with Gasteiger partial charge in [0, 0.05) is 44.5 Å². The van der Waals surface area contributed by atoms with E-state index in [1.54, 1.807) is 0 Å². The van der Waals surface area contributed by atoms with Gasteiger partial charge in [-0.1, -0.05) is 169 Å². The highest BCUT2D eigenvalue weighted by Gasteiger charge is 2.33. The number of rotatable bonds is 4. The summed E-state index contributed by atoms with van der Waals surface area (Å²) in [7, 11) is 0. The van der Waals surface area contributed by atoms with Crippen LogP contribution in [0.2, 0.25) is 0 Å². The van der Waals surface area contributed by atoms with Gasteiger partial charge in [-0.3, -0.25) is 0 Å². The molecular weight excluding hydrogens is 721 g/mol. The van der Waals surface area contributed by atoms with Crippen molar-refractivity contribution in [1.29, 1.82) is 0 Å². The Hall–Kier alpha value is -8.52. The minimum Gasteiger partial charge on any atom is -0.0622 e. The molecule has 0 saturated heterocycles. The Morgan fingerprint density at radius 2 is 0.300 bits per heavy atom. The van der Waals surface area contributed by atoms with Crippen molar-refractivity contribution in [1.82, 2.24) is 0 Å². The highest BCUT2D eigenvalue weighted by molar-refractivity contribution is 6.43. The molecule has 0 atom stereocenters. The fraction of sp³-hybridized carbons (Fsp3) is 0. The van der Waals surface area contributed by atoms with Crippen LogP contribution in [0.15, 0.2) is 218 Å². The molecule has 0 amide bonds. The van der Waals surface area contributed by atoms with E-state index >= 15 is 0 Å². The van der Waals surface area contributed by atoms with E-state index in [4.69, 9.17) is 0 Å². The van der Waals surface area contributed by atoms with Crippen LogP contribution in [0.1, 0.15) is 66.8 Å². The first-order chi connectivity index (χ1) is 29.7. The average Bonchev–Trinajstić information content (AvgIpc) is 3.31. The largest absolute Gasteiger partial charge is 0.0622 e. The van der Waals surface area contributed by atoms with Crippen LogP contribution >= 0.6 is 0 Å². The van der Waals surface area contributed by atoms with E-state index in [0.29, 0.717) is 0 Å². The number of allylic oxidation sites excluding steroid dienone is 4. The van der Waals surface area contributed by atoms with Gasteiger partial charge in [0.05, 0.1) is 0 Å². The molecule has 1 aliphatic rings. The molecule has 60 heavy (non-hydrogen) atoms. The molecule has 0 saturated carbocycles. The van der Waals surface area contributed by atoms with E-state index < -0.39 is 0 Å². The Labute approximate surface area is 353 Å². The molecule has 0 nitrogen and oxygen atoms in total. The molecular formula is C60H36. The van der Waals surface area contributed by atoms with Crippen LogP contribution < -0.4 is 0 Å². The van der Waals surface area contributed by atoms with Gasteiger partial charge in [-0.2, -0.15) is 0 Å². The van der Waals surface area contributed by atoms with Gasteiger partial charge in [0.2, 0.25) is 0 Å². The van der Waals surface area contributed by atoms with Crippen molar-refractivity contribution in [3.8, 4) is 47.4 Å². The molecule has 8 aromatic rings. The van der Waals surface area contributed by atoms with Crippen molar-refractivity contribution in [2.75, 3.05) is 0 Å². The molecule has 0 heteroatoms. The van der Waals surface area contributed by atoms with E-state index in [-0.39, 0.29) is 0 Å². The topological polar surface area (TPSA) is 0 Å². The predicted molar refractivity (Wildman–Crippen MR) is 249 cm³/mol. The zero-order valence-electron chi connectivity index (χ0n) is 32.8. The lowest BCUT2D eigenvalue weighted by Gasteiger charge is -2.33. The van der Waals surface area contributed by atoms with E-state index in [1.807, 2.05) is 121 Å². The molecule has 0 unspecified atom stereocenters. The summed E-state index contributed by atoms with van der Waals surface area (Å²) in [6.45, 7) is 0. The number of benzene rings is 8. The Morgan fingerprint density at radius 3 is 0.467 bits per heavy atom. The molecule has 0 aliphatic heterocycles. The van der Waals surface area contributed by atoms with Gasteiger partial charge in [0.25, 0.3) is 0 Å². The van der Waals surface area contributed by atoms with E-state index in [9.17, 15) is 0 Å². The summed E-state index contributed by atoms with van der Waals surface area (Å²) in [6.07, 6.45) is 0. The number of hydrogen-bond donors (Lipinski definition) is 0. The zero-order valence-corrected chi connectivity index (χ0v) is 32.8. The molecule has 0 N–H and O–H groups in total. The van der Waals surface area contributed by atoms with Crippen LogP contribution in [0, 0.1) is 47.4 Å². The average molecular weight is 757 g/mol. The molecule has 0 heterocycles. The van der Waals surface area contributed by atoms with Crippen LogP contribution in [0.25, 0.3) is 22.3 Å². The van der Waals surface area contributed by atoms with Gasteiger partial charge in [-0.05, 0) is 142 Å². The second-order valence-corrected chi connectivity index (χ2v) is 14.3. The fourth-order valence-corrected chi connectivity index (χ4v) is 7.14. The molecule has 1 aliphatic carbocycles. The molecule has 0 aromatic heterocycles. The molecule has 0 bridgehead atoms. The Kier molecular flexibility index (Phi) is 11.0. The maximum absolute atomic E-state index is 3.35. The maximum Gasteiger partial charge on any atom is 0.0249 e. The van der Waals surface area contributed by atoms with Gasteiger partial charge >= 0.3 is 0 Å². The van der Waals surface area contributed by atoms with Crippen molar-refractivity contribution < 1.29 is 0 Å². The first kappa shape index (κ1) is 37.1. The van der Waals surface area contributed by atoms with Crippen LogP contribution in [0.3, 0.4) is 0 Å². The van der Waals surface area contributed by atoms with Crippen LogP contribution in [0.4, 0.5) is 0 Å². The van der Waals surface area contributed by atoms with Crippen molar-refractivity contribution >= 4 is 22.3 Å². The summed E-state index contributed by atoms with van der Waals surface area (Å²) < 4.78 is 0. The van der Waals surface area contributed by atoms with Crippen molar-refractivity contribution in [3.63, 3.8) is 0 Å². The number of hydrogen-bond acceptors (Lipinski definition) is 0. The zero-order chi connectivity index (χ0) is 40.4. The van der Waals surface area contributed by atoms with Crippen molar-refractivity contribution in [3.05, 3.63) is 285 Å². The summed E-state index contributed by atoms with van der Waals surface area (Å²) in [4.78, 5) is 0. The van der Waals surface area contributed by atoms with Crippen LogP contribution in [-0.2, 0) is 0 Å². The first-order valence-corrected chi connectivity index (χ1v) is 19.9. The summed E-state index contributed by atoms with van der Waals surface area (Å²) in [5.74, 6) is 26.6. The summed E-state index contributed by atoms with van der Waals surface area (Å²) in [6, 6.07) is 75.0. The lowest BCUT2D eigenvalue weighted by molar-refractivity contribution is 1.49. The van der Waals surface area contributed by atoms with E-state index in [1.165, 1.54) is 22.3 Å². The molecule has 0 radical (unpaired) electrons. The van der Waals surface area contributed by atoms with Gasteiger partial charge in [0.1, 0.15) is 0 Å². The summed E-state index contributed by atoms with van der Waals surface area (Å²) in [5.41, 5.74) is 17.1. The van der Waals surface area contributed by atoms with Gasteiger partial charge in [-0.25, -0.2) is 0 Å². The minimum atomic E-state index is 0.963. The third-order valence-corrected chi connectivity index (χ3v) is 10.2. The van der Waals surface area contributed by atoms with E-state index in [0.717, 1.165) is 66.8 Å². The standard InChI is InChI=1S/C60H36/c1-5-13-45(14-6-1)21-25-49-29-37-53(38-30-49)57-58(54-39-31-50(32-40-54)26-22-46-15-7-2-8-16-46)60(56-43-35-52(36-44-56)28-24-48-19-11-4-12-20-48)59(57)55-41-33-51(34-42-55)27-23-47-17-9-3-10-18-47/h1-20,29-44H. The molecule has 276 valence electrons. The predicted octanol–water partition coefficient (Wildman–Crippen LogP) is 12.8. The SMILES string of the molecule is C(#Cc1ccc(C2=C(c3ccc(C#Cc4ccccc4)cc3)C(c3ccc(C#Cc4ccccc4)cc3)=C2c2ccc(C#Cc3ccccc3)cc2)cc1)c1ccccc1. The third kappa shape index (κ3) is 8.72. The van der Waals surface area contributed by atoms with Crippen molar-refractivity contribution in [2.45, 2.75) is 0 Å². The van der Waals surface area contributed by atoms with Crippen LogP contribution in [0.5, 0.6) is 0 Å². The summed E-state index contributed by atoms with van der Waals surface area (Å²) in [5, 5.41) is 0. The second kappa shape index (κ2) is 17.7. The lowest BCUT2D eigenvalue weighted by Crippen LogP contribution is -2.10. The van der Waals surface area contributed by atoms with Crippen molar-refractivity contribution in [2.24, 2.45) is 0 Å². The normalized spacial score (nSPS) is 11.3. The third-order valence-electron chi connectivity index (χ3n) is 10.2. The summed E-state index contributed by atoms with van der Waals surface area (Å²) >= 11 is 0. The quantitative estimate of drug-likeness (QED) is 0.157. The molecule has 0 spiro atoms. The minimum absolute atomic E-state index is 0.963. The smallest absolute Gasteiger partial charge is 0.0249 e. The molecule has 9 rings (SSSR count). The lowest BCUT2D eigenvalue weighted by atomic mass is 9.69. The Morgan fingerprint density at radius 1 is 0.150 bits per heavy atom. The van der Waals surface area contributed by atoms with Gasteiger partial charge < -0.3 is 0 Å². The molecule has 8 aromatic carbocycles. The first-order valence-electron chi connectivity index (χ1n) is 19.9. The second-order valence-electron chi connectivity index (χ2n) is 14.3. The molecule has 0 fully saturated rings. The van der Waals surface area contributed by atoms with Crippen LogP contribution in [-0.4, -0.2) is 0 Å². The highest BCUT2D eigenvalue weighted by Crippen LogP contribution is 2.56. The van der Waals surface area contributed by atoms with Gasteiger partial charge in [-0.15, -0.1) is 0 Å². The highest BCUT2D eigenvalue weighted by atomic mass is 14.3. The fourth-order valence-electron chi connectivity index (χ4n) is 7.14. The monoisotopic (exact) mass is 756 g/mol. The Bertz CT molecular complexity index is 2650. The maximum atomic E-state index is 3.35. The Balaban J connectivity index is 1.15. The van der Waals surface area contributed by atoms with E-state index in [2.05, 4.69) is 144 Å². The van der Waals surface area contributed by atoms with Gasteiger partial charge in [0.15, 0.2) is 0 Å².